The molecule has 1 aliphatic carbocycles. The molecule has 4 aromatic rings. The molecule has 0 amide bonds. The van der Waals surface area contributed by atoms with Gasteiger partial charge in [0.25, 0.3) is 0 Å². The van der Waals surface area contributed by atoms with Crippen LogP contribution >= 0.6 is 10.2 Å². The molecule has 3 aromatic carbocycles. The van der Waals surface area contributed by atoms with Crippen LogP contribution in [0.4, 0.5) is 50.2 Å². The molecule has 0 N–H and O–H groups in total. The molecule has 0 atom stereocenters. The summed E-state index contributed by atoms with van der Waals surface area (Å²) in [5.74, 6) is -11.7. The molecular weight excluding hydrogens is 710 g/mol. The number of pyridine rings is 1. The van der Waals surface area contributed by atoms with Gasteiger partial charge in [-0.2, -0.15) is 8.78 Å². The summed E-state index contributed by atoms with van der Waals surface area (Å²) in [6, 6.07) is 6.62. The molecule has 0 saturated heterocycles. The molecule has 5 rings (SSSR count). The minimum absolute atomic E-state index is 0.317. The standard InChI is InChI=1S/C35H31F12NOS/c1-2-3-4-5-20-6-8-21(9-7-20)23-11-13-32(48-19-23)22-10-12-26(27(36)14-22)24-15-28(37)33(29(38)16-24)35(41,42)49-25-17-30(39)34(31(40)18-25)50(43,44,45,46)47/h10-21H,2-9H2,1H3. The van der Waals surface area contributed by atoms with Crippen LogP contribution in [-0.2, 0) is 6.11 Å². The number of ether oxygens (including phenoxy) is 1. The molecular formula is C35H31F12NOS. The molecule has 1 heterocycles. The fourth-order valence-corrected chi connectivity index (χ4v) is 7.22. The number of aromatic nitrogens is 1. The second-order valence-electron chi connectivity index (χ2n) is 12.5. The van der Waals surface area contributed by atoms with Gasteiger partial charge in [0.05, 0.1) is 5.69 Å². The summed E-state index contributed by atoms with van der Waals surface area (Å²) < 4.78 is 171. The van der Waals surface area contributed by atoms with Gasteiger partial charge in [-0.3, -0.25) is 4.98 Å². The third kappa shape index (κ3) is 8.35. The van der Waals surface area contributed by atoms with Crippen molar-refractivity contribution < 1.29 is 54.9 Å². The third-order valence-electron chi connectivity index (χ3n) is 8.83. The maximum absolute atomic E-state index is 15.2. The Hall–Kier alpha value is -3.88. The lowest BCUT2D eigenvalue weighted by Gasteiger charge is -2.40. The summed E-state index contributed by atoms with van der Waals surface area (Å²) in [7, 11) is -10.9. The molecule has 0 radical (unpaired) electrons. The fraction of sp³-hybridized carbons (Fsp3) is 0.343. The lowest BCUT2D eigenvalue weighted by Crippen LogP contribution is -2.25. The van der Waals surface area contributed by atoms with Crippen LogP contribution in [0.2, 0.25) is 0 Å². The highest BCUT2D eigenvalue weighted by Gasteiger charge is 2.69. The van der Waals surface area contributed by atoms with E-state index in [9.17, 15) is 45.8 Å². The van der Waals surface area contributed by atoms with E-state index < -0.39 is 84.9 Å². The molecule has 1 aliphatic rings. The quantitative estimate of drug-likeness (QED) is 0.113. The van der Waals surface area contributed by atoms with Gasteiger partial charge in [0.2, 0.25) is 0 Å². The minimum Gasteiger partial charge on any atom is -0.429 e. The van der Waals surface area contributed by atoms with Gasteiger partial charge in [-0.25, -0.2) is 22.0 Å². The van der Waals surface area contributed by atoms with Crippen LogP contribution < -0.4 is 4.74 Å². The monoisotopic (exact) mass is 741 g/mol. The van der Waals surface area contributed by atoms with Gasteiger partial charge < -0.3 is 4.74 Å². The number of benzene rings is 3. The molecule has 2 nitrogen and oxygen atoms in total. The van der Waals surface area contributed by atoms with Crippen molar-refractivity contribution in [3.8, 4) is 28.1 Å². The Morgan fingerprint density at radius 3 is 1.84 bits per heavy atom. The average molecular weight is 742 g/mol. The fourth-order valence-electron chi connectivity index (χ4n) is 6.36. The Labute approximate surface area is 280 Å². The van der Waals surface area contributed by atoms with Gasteiger partial charge in [-0.15, -0.1) is 0 Å². The molecule has 0 unspecified atom stereocenters. The predicted octanol–water partition coefficient (Wildman–Crippen LogP) is 13.8. The number of nitrogens with zero attached hydrogens (tertiary/aromatic N) is 1. The van der Waals surface area contributed by atoms with E-state index in [0.29, 0.717) is 29.3 Å². The second-order valence-corrected chi connectivity index (χ2v) is 14.8. The van der Waals surface area contributed by atoms with E-state index in [1.165, 1.54) is 31.7 Å². The predicted molar refractivity (Wildman–Crippen MR) is 166 cm³/mol. The zero-order valence-electron chi connectivity index (χ0n) is 26.4. The van der Waals surface area contributed by atoms with Crippen LogP contribution in [0.15, 0.2) is 65.7 Å². The van der Waals surface area contributed by atoms with Crippen LogP contribution in [0.3, 0.4) is 0 Å². The summed E-state index contributed by atoms with van der Waals surface area (Å²) in [4.78, 5) is 0.858. The van der Waals surface area contributed by atoms with Crippen molar-refractivity contribution in [2.75, 3.05) is 0 Å². The zero-order chi connectivity index (χ0) is 36.7. The minimum atomic E-state index is -10.9. The van der Waals surface area contributed by atoms with E-state index >= 15 is 4.39 Å². The van der Waals surface area contributed by atoms with Crippen molar-refractivity contribution in [2.24, 2.45) is 5.92 Å². The van der Waals surface area contributed by atoms with E-state index in [1.807, 2.05) is 6.07 Å². The van der Waals surface area contributed by atoms with Gasteiger partial charge in [0.15, 0.2) is 16.5 Å². The largest absolute Gasteiger partial charge is 0.432 e. The van der Waals surface area contributed by atoms with Crippen molar-refractivity contribution in [2.45, 2.75) is 75.2 Å². The number of halogens is 12. The second kappa shape index (κ2) is 13.0. The Bertz CT molecular complexity index is 1830. The Kier molecular flexibility index (Phi) is 9.74. The summed E-state index contributed by atoms with van der Waals surface area (Å²) >= 11 is 0. The Balaban J connectivity index is 1.31. The maximum Gasteiger partial charge on any atom is 0.432 e. The van der Waals surface area contributed by atoms with Crippen molar-refractivity contribution in [1.82, 2.24) is 4.98 Å². The van der Waals surface area contributed by atoms with Crippen LogP contribution in [0.1, 0.15) is 75.3 Å². The third-order valence-corrected chi connectivity index (χ3v) is 9.99. The summed E-state index contributed by atoms with van der Waals surface area (Å²) in [5.41, 5.74) is -1.27. The first-order chi connectivity index (χ1) is 23.2. The van der Waals surface area contributed by atoms with Crippen LogP contribution in [0.25, 0.3) is 22.4 Å². The maximum atomic E-state index is 15.2. The molecule has 272 valence electrons. The summed E-state index contributed by atoms with van der Waals surface area (Å²) in [5, 5.41) is 0. The lowest BCUT2D eigenvalue weighted by molar-refractivity contribution is -0.189. The van der Waals surface area contributed by atoms with Crippen LogP contribution in [-0.4, -0.2) is 4.98 Å². The first-order valence-corrected chi connectivity index (χ1v) is 17.7. The Morgan fingerprint density at radius 1 is 0.720 bits per heavy atom. The summed E-state index contributed by atoms with van der Waals surface area (Å²) in [6.07, 6.45) is 5.94. The molecule has 1 aromatic heterocycles. The highest BCUT2D eigenvalue weighted by atomic mass is 32.5. The summed E-state index contributed by atoms with van der Waals surface area (Å²) in [6.45, 7) is 2.18. The van der Waals surface area contributed by atoms with E-state index in [2.05, 4.69) is 16.6 Å². The number of unbranched alkanes of at least 4 members (excludes halogenated alkanes) is 2. The van der Waals surface area contributed by atoms with E-state index in [4.69, 9.17) is 0 Å². The SMILES string of the molecule is CCCCCC1CCC(c2ccc(-c3ccc(-c4cc(F)c(C(F)(F)Oc5cc(F)c(S(F)(F)(F)(F)F)c(F)c5)c(F)c4)c(F)c3)nc2)CC1. The normalized spacial score (nSPS) is 18.4. The number of alkyl halides is 2. The molecule has 50 heavy (non-hydrogen) atoms. The topological polar surface area (TPSA) is 22.1 Å². The molecule has 1 fully saturated rings. The van der Waals surface area contributed by atoms with E-state index in [0.717, 1.165) is 49.3 Å². The molecule has 0 spiro atoms. The van der Waals surface area contributed by atoms with Gasteiger partial charge in [0.1, 0.15) is 28.8 Å². The van der Waals surface area contributed by atoms with E-state index in [-0.39, 0.29) is 0 Å². The Morgan fingerprint density at radius 2 is 1.32 bits per heavy atom. The average Bonchev–Trinajstić information content (AvgIpc) is 2.99. The molecule has 1 saturated carbocycles. The number of hydrogen-bond acceptors (Lipinski definition) is 2. The first kappa shape index (κ1) is 37.4. The van der Waals surface area contributed by atoms with Gasteiger partial charge >= 0.3 is 16.3 Å². The van der Waals surface area contributed by atoms with Crippen LogP contribution in [0.5, 0.6) is 5.75 Å². The molecule has 0 aliphatic heterocycles. The van der Waals surface area contributed by atoms with Gasteiger partial charge in [-0.05, 0) is 72.9 Å². The molecule has 15 heteroatoms. The first-order valence-electron chi connectivity index (χ1n) is 15.7. The smallest absolute Gasteiger partial charge is 0.429 e. The molecule has 0 bridgehead atoms. The number of rotatable bonds is 11. The van der Waals surface area contributed by atoms with Crippen molar-refractivity contribution in [3.63, 3.8) is 0 Å². The number of hydrogen-bond donors (Lipinski definition) is 0. The highest BCUT2D eigenvalue weighted by Crippen LogP contribution is 3.02. The van der Waals surface area contributed by atoms with E-state index in [1.54, 1.807) is 12.3 Å². The van der Waals surface area contributed by atoms with Crippen molar-refractivity contribution in [3.05, 3.63) is 101 Å². The van der Waals surface area contributed by atoms with Crippen LogP contribution in [0, 0.1) is 35.0 Å². The zero-order valence-corrected chi connectivity index (χ0v) is 27.2. The lowest BCUT2D eigenvalue weighted by atomic mass is 9.77. The highest BCUT2D eigenvalue weighted by molar-refractivity contribution is 8.45. The van der Waals surface area contributed by atoms with Crippen molar-refractivity contribution >= 4 is 10.2 Å². The van der Waals surface area contributed by atoms with Crippen molar-refractivity contribution in [1.29, 1.82) is 0 Å². The van der Waals surface area contributed by atoms with Gasteiger partial charge in [-0.1, -0.05) is 70.2 Å². The van der Waals surface area contributed by atoms with Gasteiger partial charge in [0, 0.05) is 29.5 Å².